The number of pyridine rings is 1. The molecule has 1 amide bonds. The average molecular weight is 291 g/mol. The van der Waals surface area contributed by atoms with Crippen LogP contribution in [0.3, 0.4) is 0 Å². The lowest BCUT2D eigenvalue weighted by atomic mass is 10.2. The number of nitrogens with one attached hydrogen (secondary N) is 1. The SMILES string of the molecule is CC(CO)CNC(=O)c1ccc(N2CCCCCC2)nc1. The molecule has 2 rings (SSSR count). The number of nitrogens with zero attached hydrogens (tertiary/aromatic N) is 2. The topological polar surface area (TPSA) is 65.5 Å². The molecule has 0 aromatic carbocycles. The summed E-state index contributed by atoms with van der Waals surface area (Å²) in [5, 5.41) is 11.8. The van der Waals surface area contributed by atoms with Gasteiger partial charge < -0.3 is 15.3 Å². The van der Waals surface area contributed by atoms with Crippen molar-refractivity contribution in [2.75, 3.05) is 31.1 Å². The second kappa shape index (κ2) is 7.98. The van der Waals surface area contributed by atoms with E-state index in [0.717, 1.165) is 18.9 Å². The van der Waals surface area contributed by atoms with Crippen LogP contribution in [0, 0.1) is 5.92 Å². The van der Waals surface area contributed by atoms with E-state index in [1.807, 2.05) is 19.1 Å². The molecule has 1 fully saturated rings. The number of hydrogen-bond donors (Lipinski definition) is 2. The van der Waals surface area contributed by atoms with Crippen LogP contribution < -0.4 is 10.2 Å². The predicted octanol–water partition coefficient (Wildman–Crippen LogP) is 1.82. The minimum Gasteiger partial charge on any atom is -0.396 e. The molecule has 1 unspecified atom stereocenters. The first-order valence-electron chi connectivity index (χ1n) is 7.80. The van der Waals surface area contributed by atoms with Crippen molar-refractivity contribution in [2.24, 2.45) is 5.92 Å². The molecule has 2 heterocycles. The van der Waals surface area contributed by atoms with Gasteiger partial charge >= 0.3 is 0 Å². The van der Waals surface area contributed by atoms with Gasteiger partial charge in [0.05, 0.1) is 5.56 Å². The van der Waals surface area contributed by atoms with Crippen molar-refractivity contribution < 1.29 is 9.90 Å². The van der Waals surface area contributed by atoms with Gasteiger partial charge in [-0.05, 0) is 30.9 Å². The summed E-state index contributed by atoms with van der Waals surface area (Å²) < 4.78 is 0. The first kappa shape index (κ1) is 15.8. The third-order valence-corrected chi connectivity index (χ3v) is 3.86. The molecule has 1 atom stereocenters. The minimum atomic E-state index is -0.134. The lowest BCUT2D eigenvalue weighted by Gasteiger charge is -2.21. The van der Waals surface area contributed by atoms with Crippen molar-refractivity contribution in [3.8, 4) is 0 Å². The molecule has 2 N–H and O–H groups in total. The van der Waals surface area contributed by atoms with E-state index >= 15 is 0 Å². The number of rotatable bonds is 5. The summed E-state index contributed by atoms with van der Waals surface area (Å²) in [6.45, 7) is 4.54. The maximum atomic E-state index is 12.0. The Hall–Kier alpha value is -1.62. The molecule has 1 aliphatic rings. The van der Waals surface area contributed by atoms with Gasteiger partial charge in [0, 0.05) is 32.4 Å². The largest absolute Gasteiger partial charge is 0.396 e. The highest BCUT2D eigenvalue weighted by atomic mass is 16.3. The highest BCUT2D eigenvalue weighted by Gasteiger charge is 2.12. The van der Waals surface area contributed by atoms with E-state index in [-0.39, 0.29) is 18.4 Å². The van der Waals surface area contributed by atoms with Crippen molar-refractivity contribution >= 4 is 11.7 Å². The molecular formula is C16H25N3O2. The molecule has 0 spiro atoms. The van der Waals surface area contributed by atoms with E-state index in [2.05, 4.69) is 15.2 Å². The number of anilines is 1. The fourth-order valence-electron chi connectivity index (χ4n) is 2.44. The van der Waals surface area contributed by atoms with Crippen LogP contribution in [0.15, 0.2) is 18.3 Å². The Labute approximate surface area is 126 Å². The number of aromatic nitrogens is 1. The van der Waals surface area contributed by atoms with Gasteiger partial charge in [0.15, 0.2) is 0 Å². The van der Waals surface area contributed by atoms with Crippen LogP contribution in [-0.4, -0.2) is 42.2 Å². The van der Waals surface area contributed by atoms with E-state index in [1.165, 1.54) is 25.7 Å². The summed E-state index contributed by atoms with van der Waals surface area (Å²) >= 11 is 0. The van der Waals surface area contributed by atoms with Gasteiger partial charge in [-0.3, -0.25) is 4.79 Å². The second-order valence-corrected chi connectivity index (χ2v) is 5.80. The van der Waals surface area contributed by atoms with Crippen molar-refractivity contribution in [1.82, 2.24) is 10.3 Å². The van der Waals surface area contributed by atoms with E-state index in [1.54, 1.807) is 6.20 Å². The number of aliphatic hydroxyl groups excluding tert-OH is 1. The van der Waals surface area contributed by atoms with Crippen LogP contribution in [0.5, 0.6) is 0 Å². The van der Waals surface area contributed by atoms with Crippen LogP contribution in [0.4, 0.5) is 5.82 Å². The smallest absolute Gasteiger partial charge is 0.252 e. The molecule has 0 radical (unpaired) electrons. The molecule has 116 valence electrons. The standard InChI is InChI=1S/C16H25N3O2/c1-13(12-20)10-18-16(21)14-6-7-15(17-11-14)19-8-4-2-3-5-9-19/h6-7,11,13,20H,2-5,8-10,12H2,1H3,(H,18,21). The summed E-state index contributed by atoms with van der Waals surface area (Å²) in [6, 6.07) is 3.75. The van der Waals surface area contributed by atoms with Gasteiger partial charge in [-0.1, -0.05) is 19.8 Å². The Morgan fingerprint density at radius 1 is 1.33 bits per heavy atom. The lowest BCUT2D eigenvalue weighted by molar-refractivity contribution is 0.0942. The zero-order chi connectivity index (χ0) is 15.1. The molecule has 1 saturated heterocycles. The van der Waals surface area contributed by atoms with Crippen molar-refractivity contribution in [2.45, 2.75) is 32.6 Å². The van der Waals surface area contributed by atoms with E-state index in [0.29, 0.717) is 12.1 Å². The molecule has 5 heteroatoms. The molecule has 0 saturated carbocycles. The van der Waals surface area contributed by atoms with Gasteiger partial charge in [0.25, 0.3) is 5.91 Å². The molecular weight excluding hydrogens is 266 g/mol. The molecule has 5 nitrogen and oxygen atoms in total. The van der Waals surface area contributed by atoms with E-state index < -0.39 is 0 Å². The first-order chi connectivity index (χ1) is 10.2. The predicted molar refractivity (Wildman–Crippen MR) is 83.5 cm³/mol. The normalized spacial score (nSPS) is 17.1. The maximum Gasteiger partial charge on any atom is 0.252 e. The van der Waals surface area contributed by atoms with Gasteiger partial charge in [-0.25, -0.2) is 4.98 Å². The van der Waals surface area contributed by atoms with Crippen LogP contribution in [-0.2, 0) is 0 Å². The fourth-order valence-corrected chi connectivity index (χ4v) is 2.44. The van der Waals surface area contributed by atoms with Gasteiger partial charge in [-0.15, -0.1) is 0 Å². The molecule has 21 heavy (non-hydrogen) atoms. The molecule has 1 aliphatic heterocycles. The minimum absolute atomic E-state index is 0.0679. The van der Waals surface area contributed by atoms with Crippen LogP contribution in [0.1, 0.15) is 43.0 Å². The summed E-state index contributed by atoms with van der Waals surface area (Å²) in [7, 11) is 0. The first-order valence-corrected chi connectivity index (χ1v) is 7.80. The van der Waals surface area contributed by atoms with Crippen molar-refractivity contribution in [1.29, 1.82) is 0 Å². The van der Waals surface area contributed by atoms with Gasteiger partial charge in [-0.2, -0.15) is 0 Å². The monoisotopic (exact) mass is 291 g/mol. The molecule has 1 aromatic rings. The van der Waals surface area contributed by atoms with Crippen molar-refractivity contribution in [3.05, 3.63) is 23.9 Å². The molecule has 0 bridgehead atoms. The Balaban J connectivity index is 1.93. The van der Waals surface area contributed by atoms with Gasteiger partial charge in [0.1, 0.15) is 5.82 Å². The molecule has 0 aliphatic carbocycles. The van der Waals surface area contributed by atoms with Crippen LogP contribution in [0.2, 0.25) is 0 Å². The second-order valence-electron chi connectivity index (χ2n) is 5.80. The van der Waals surface area contributed by atoms with Crippen LogP contribution in [0.25, 0.3) is 0 Å². The Kier molecular flexibility index (Phi) is 5.99. The van der Waals surface area contributed by atoms with Crippen molar-refractivity contribution in [3.63, 3.8) is 0 Å². The Morgan fingerprint density at radius 2 is 2.05 bits per heavy atom. The van der Waals surface area contributed by atoms with E-state index in [4.69, 9.17) is 5.11 Å². The fraction of sp³-hybridized carbons (Fsp3) is 0.625. The lowest BCUT2D eigenvalue weighted by Crippen LogP contribution is -2.30. The number of amides is 1. The quantitative estimate of drug-likeness (QED) is 0.868. The maximum absolute atomic E-state index is 12.0. The summed E-state index contributed by atoms with van der Waals surface area (Å²) in [5.41, 5.74) is 0.568. The zero-order valence-electron chi connectivity index (χ0n) is 12.7. The molecule has 1 aromatic heterocycles. The highest BCUT2D eigenvalue weighted by molar-refractivity contribution is 5.94. The summed E-state index contributed by atoms with van der Waals surface area (Å²) in [6.07, 6.45) is 6.64. The number of aliphatic hydroxyl groups is 1. The highest BCUT2D eigenvalue weighted by Crippen LogP contribution is 2.17. The van der Waals surface area contributed by atoms with Gasteiger partial charge in [0.2, 0.25) is 0 Å². The van der Waals surface area contributed by atoms with Crippen LogP contribution >= 0.6 is 0 Å². The Morgan fingerprint density at radius 3 is 2.62 bits per heavy atom. The third kappa shape index (κ3) is 4.70. The number of carbonyl (C=O) groups excluding carboxylic acids is 1. The number of hydrogen-bond acceptors (Lipinski definition) is 4. The summed E-state index contributed by atoms with van der Waals surface area (Å²) in [5.74, 6) is 0.890. The van der Waals surface area contributed by atoms with E-state index in [9.17, 15) is 4.79 Å². The average Bonchev–Trinajstić information content (AvgIpc) is 2.81. The Bertz CT molecular complexity index is 439. The third-order valence-electron chi connectivity index (χ3n) is 3.86. The number of carbonyl (C=O) groups is 1. The zero-order valence-corrected chi connectivity index (χ0v) is 12.7. The summed E-state index contributed by atoms with van der Waals surface area (Å²) in [4.78, 5) is 18.7.